The van der Waals surface area contributed by atoms with Crippen molar-refractivity contribution >= 4 is 5.95 Å². The molecule has 1 aliphatic carbocycles. The summed E-state index contributed by atoms with van der Waals surface area (Å²) in [5, 5.41) is 3.59. The third-order valence-corrected chi connectivity index (χ3v) is 3.96. The Bertz CT molecular complexity index is 638. The van der Waals surface area contributed by atoms with Crippen LogP contribution in [0.3, 0.4) is 0 Å². The first kappa shape index (κ1) is 14.8. The second-order valence-corrected chi connectivity index (χ2v) is 5.93. The van der Waals surface area contributed by atoms with E-state index in [1.165, 1.54) is 11.3 Å². The van der Waals surface area contributed by atoms with Gasteiger partial charge in [0.2, 0.25) is 5.95 Å². The van der Waals surface area contributed by atoms with E-state index in [2.05, 4.69) is 25.3 Å². The Kier molecular flexibility index (Phi) is 4.29. The molecule has 0 bridgehead atoms. The molecule has 0 spiro atoms. The zero-order valence-electron chi connectivity index (χ0n) is 13.4. The van der Waals surface area contributed by atoms with Gasteiger partial charge in [0.1, 0.15) is 5.82 Å². The maximum absolute atomic E-state index is 4.68. The van der Waals surface area contributed by atoms with Gasteiger partial charge in [0.25, 0.3) is 0 Å². The SMILES string of the molecule is Cc1ncc(CNC2CCCc3nc(N(C)C)ncc32)cn1. The van der Waals surface area contributed by atoms with E-state index >= 15 is 0 Å². The first-order valence-electron chi connectivity index (χ1n) is 7.67. The number of aryl methyl sites for hydroxylation is 2. The lowest BCUT2D eigenvalue weighted by Crippen LogP contribution is -2.26. The zero-order chi connectivity index (χ0) is 15.5. The van der Waals surface area contributed by atoms with Crippen LogP contribution in [-0.2, 0) is 13.0 Å². The first-order valence-corrected chi connectivity index (χ1v) is 7.67. The van der Waals surface area contributed by atoms with E-state index in [-0.39, 0.29) is 0 Å². The van der Waals surface area contributed by atoms with E-state index in [0.717, 1.165) is 43.1 Å². The number of aromatic nitrogens is 4. The van der Waals surface area contributed by atoms with Crippen molar-refractivity contribution in [3.8, 4) is 0 Å². The van der Waals surface area contributed by atoms with Gasteiger partial charge < -0.3 is 10.2 Å². The van der Waals surface area contributed by atoms with Gasteiger partial charge in [0.05, 0.1) is 5.69 Å². The summed E-state index contributed by atoms with van der Waals surface area (Å²) < 4.78 is 0. The molecule has 3 rings (SSSR count). The van der Waals surface area contributed by atoms with Crippen molar-refractivity contribution in [2.75, 3.05) is 19.0 Å². The average Bonchev–Trinajstić information content (AvgIpc) is 2.53. The van der Waals surface area contributed by atoms with Crippen molar-refractivity contribution in [2.24, 2.45) is 0 Å². The molecular formula is C16H22N6. The fourth-order valence-electron chi connectivity index (χ4n) is 2.72. The topological polar surface area (TPSA) is 66.8 Å². The van der Waals surface area contributed by atoms with Crippen LogP contribution in [0.2, 0.25) is 0 Å². The Morgan fingerprint density at radius 2 is 1.95 bits per heavy atom. The second-order valence-electron chi connectivity index (χ2n) is 5.93. The van der Waals surface area contributed by atoms with Crippen LogP contribution < -0.4 is 10.2 Å². The van der Waals surface area contributed by atoms with Gasteiger partial charge in [0.15, 0.2) is 0 Å². The van der Waals surface area contributed by atoms with E-state index in [1.807, 2.05) is 44.5 Å². The standard InChI is InChI=1S/C16H22N6/c1-11-17-7-12(8-18-11)9-19-14-5-4-6-15-13(14)10-20-16(21-15)22(2)3/h7-8,10,14,19H,4-6,9H2,1-3H3. The van der Waals surface area contributed by atoms with Gasteiger partial charge in [-0.3, -0.25) is 0 Å². The van der Waals surface area contributed by atoms with Gasteiger partial charge in [-0.05, 0) is 26.2 Å². The summed E-state index contributed by atoms with van der Waals surface area (Å²) in [6.45, 7) is 2.66. The molecule has 2 aromatic heterocycles. The number of anilines is 1. The molecule has 1 aliphatic rings. The Labute approximate surface area is 131 Å². The van der Waals surface area contributed by atoms with Crippen molar-refractivity contribution < 1.29 is 0 Å². The lowest BCUT2D eigenvalue weighted by atomic mass is 9.92. The first-order chi connectivity index (χ1) is 10.6. The molecule has 0 saturated carbocycles. The highest BCUT2D eigenvalue weighted by Crippen LogP contribution is 2.29. The molecular weight excluding hydrogens is 276 g/mol. The van der Waals surface area contributed by atoms with Crippen LogP contribution in [0.15, 0.2) is 18.6 Å². The summed E-state index contributed by atoms with van der Waals surface area (Å²) in [7, 11) is 3.94. The normalized spacial score (nSPS) is 17.1. The monoisotopic (exact) mass is 298 g/mol. The number of rotatable bonds is 4. The van der Waals surface area contributed by atoms with Crippen LogP contribution in [0, 0.1) is 6.92 Å². The predicted octanol–water partition coefficient (Wildman–Crippen LogP) is 1.81. The summed E-state index contributed by atoms with van der Waals surface area (Å²) in [5.41, 5.74) is 3.50. The molecule has 0 fully saturated rings. The molecule has 1 atom stereocenters. The minimum Gasteiger partial charge on any atom is -0.347 e. The van der Waals surface area contributed by atoms with Gasteiger partial charge in [-0.1, -0.05) is 0 Å². The quantitative estimate of drug-likeness (QED) is 0.928. The third kappa shape index (κ3) is 3.22. The zero-order valence-corrected chi connectivity index (χ0v) is 13.4. The van der Waals surface area contributed by atoms with Crippen LogP contribution in [0.4, 0.5) is 5.95 Å². The lowest BCUT2D eigenvalue weighted by molar-refractivity contribution is 0.451. The summed E-state index contributed by atoms with van der Waals surface area (Å²) in [4.78, 5) is 19.6. The third-order valence-electron chi connectivity index (χ3n) is 3.96. The van der Waals surface area contributed by atoms with Gasteiger partial charge in [0, 0.05) is 56.4 Å². The van der Waals surface area contributed by atoms with Crippen molar-refractivity contribution in [1.82, 2.24) is 25.3 Å². The molecule has 0 aromatic carbocycles. The molecule has 2 heterocycles. The van der Waals surface area contributed by atoms with Crippen LogP contribution in [-0.4, -0.2) is 34.0 Å². The minimum absolute atomic E-state index is 0.307. The smallest absolute Gasteiger partial charge is 0.225 e. The highest BCUT2D eigenvalue weighted by atomic mass is 15.2. The predicted molar refractivity (Wildman–Crippen MR) is 85.6 cm³/mol. The van der Waals surface area contributed by atoms with Crippen LogP contribution in [0.25, 0.3) is 0 Å². The molecule has 2 aromatic rings. The fourth-order valence-corrected chi connectivity index (χ4v) is 2.72. The number of hydrogen-bond donors (Lipinski definition) is 1. The molecule has 1 N–H and O–H groups in total. The van der Waals surface area contributed by atoms with Crippen molar-refractivity contribution in [3.63, 3.8) is 0 Å². The molecule has 1 unspecified atom stereocenters. The average molecular weight is 298 g/mol. The van der Waals surface area contributed by atoms with Crippen molar-refractivity contribution in [1.29, 1.82) is 0 Å². The molecule has 6 heteroatoms. The lowest BCUT2D eigenvalue weighted by Gasteiger charge is -2.26. The highest BCUT2D eigenvalue weighted by Gasteiger charge is 2.22. The minimum atomic E-state index is 0.307. The largest absolute Gasteiger partial charge is 0.347 e. The molecule has 0 aliphatic heterocycles. The van der Waals surface area contributed by atoms with Crippen molar-refractivity contribution in [2.45, 2.75) is 38.8 Å². The van der Waals surface area contributed by atoms with Gasteiger partial charge >= 0.3 is 0 Å². The van der Waals surface area contributed by atoms with E-state index in [1.54, 1.807) is 0 Å². The number of fused-ring (bicyclic) bond motifs is 1. The van der Waals surface area contributed by atoms with Crippen LogP contribution in [0.1, 0.15) is 41.5 Å². The summed E-state index contributed by atoms with van der Waals surface area (Å²) >= 11 is 0. The van der Waals surface area contributed by atoms with Gasteiger partial charge in [-0.15, -0.1) is 0 Å². The van der Waals surface area contributed by atoms with E-state index < -0.39 is 0 Å². The summed E-state index contributed by atoms with van der Waals surface area (Å²) in [5.74, 6) is 1.59. The molecule has 22 heavy (non-hydrogen) atoms. The molecule has 0 amide bonds. The van der Waals surface area contributed by atoms with Gasteiger partial charge in [-0.2, -0.15) is 0 Å². The second kappa shape index (κ2) is 6.36. The Hall–Kier alpha value is -2.08. The van der Waals surface area contributed by atoms with E-state index in [4.69, 9.17) is 0 Å². The number of hydrogen-bond acceptors (Lipinski definition) is 6. The molecule has 6 nitrogen and oxygen atoms in total. The number of nitrogens with one attached hydrogen (secondary N) is 1. The highest BCUT2D eigenvalue weighted by molar-refractivity contribution is 5.34. The number of nitrogens with zero attached hydrogens (tertiary/aromatic N) is 5. The van der Waals surface area contributed by atoms with Gasteiger partial charge in [-0.25, -0.2) is 19.9 Å². The molecule has 0 radical (unpaired) electrons. The van der Waals surface area contributed by atoms with Crippen molar-refractivity contribution in [3.05, 3.63) is 41.2 Å². The molecule has 116 valence electrons. The van der Waals surface area contributed by atoms with E-state index in [0.29, 0.717) is 6.04 Å². The Morgan fingerprint density at radius 3 is 2.68 bits per heavy atom. The maximum Gasteiger partial charge on any atom is 0.225 e. The Balaban J connectivity index is 1.72. The summed E-state index contributed by atoms with van der Waals surface area (Å²) in [6.07, 6.45) is 9.03. The van der Waals surface area contributed by atoms with Crippen LogP contribution >= 0.6 is 0 Å². The Morgan fingerprint density at radius 1 is 1.18 bits per heavy atom. The van der Waals surface area contributed by atoms with Crippen LogP contribution in [0.5, 0.6) is 0 Å². The fraction of sp³-hybridized carbons (Fsp3) is 0.500. The maximum atomic E-state index is 4.68. The summed E-state index contributed by atoms with van der Waals surface area (Å²) in [6, 6.07) is 0.307. The van der Waals surface area contributed by atoms with E-state index in [9.17, 15) is 0 Å². The molecule has 0 saturated heterocycles.